The van der Waals surface area contributed by atoms with Crippen molar-refractivity contribution in [3.63, 3.8) is 0 Å². The van der Waals surface area contributed by atoms with Crippen LogP contribution in [0.1, 0.15) is 81.4 Å². The van der Waals surface area contributed by atoms with Crippen molar-refractivity contribution in [2.75, 3.05) is 0 Å². The minimum atomic E-state index is 1.27. The Morgan fingerprint density at radius 1 is 0.737 bits per heavy atom. The van der Waals surface area contributed by atoms with E-state index in [-0.39, 0.29) is 0 Å². The Morgan fingerprint density at radius 2 is 1.32 bits per heavy atom. The molecule has 0 bridgehead atoms. The highest BCUT2D eigenvalue weighted by atomic mass is 14.0. The number of unbranched alkanes of at least 4 members (excludes halogenated alkanes) is 8. The quantitative estimate of drug-likeness (QED) is 0.428. The van der Waals surface area contributed by atoms with E-state index in [1.807, 2.05) is 0 Å². The zero-order valence-corrected chi connectivity index (χ0v) is 13.3. The van der Waals surface area contributed by atoms with Gasteiger partial charge in [-0.2, -0.15) is 0 Å². The van der Waals surface area contributed by atoms with E-state index in [1.54, 1.807) is 5.56 Å². The summed E-state index contributed by atoms with van der Waals surface area (Å²) in [5.41, 5.74) is 4.40. The molecule has 1 rings (SSSR count). The molecule has 0 nitrogen and oxygen atoms in total. The molecule has 0 saturated heterocycles. The molecule has 0 heteroatoms. The molecule has 19 heavy (non-hydrogen) atoms. The Labute approximate surface area is 120 Å². The summed E-state index contributed by atoms with van der Waals surface area (Å²) in [6.45, 7) is 6.71. The molecular formula is C19H32. The lowest BCUT2D eigenvalue weighted by molar-refractivity contribution is 0.564. The van der Waals surface area contributed by atoms with Crippen molar-refractivity contribution in [1.29, 1.82) is 0 Å². The second-order valence-corrected chi connectivity index (χ2v) is 6.01. The smallest absolute Gasteiger partial charge is 0.0276 e. The first-order valence-electron chi connectivity index (χ1n) is 8.30. The Balaban J connectivity index is 2.01. The summed E-state index contributed by atoms with van der Waals surface area (Å²) >= 11 is 0. The van der Waals surface area contributed by atoms with E-state index in [0.717, 1.165) is 0 Å². The third kappa shape index (κ3) is 7.40. The summed E-state index contributed by atoms with van der Waals surface area (Å²) in [6.07, 6.45) is 14.0. The average molecular weight is 260 g/mol. The molecular weight excluding hydrogens is 228 g/mol. The molecule has 0 heterocycles. The van der Waals surface area contributed by atoms with Crippen LogP contribution in [0, 0.1) is 13.8 Å². The highest BCUT2D eigenvalue weighted by Gasteiger charge is 1.98. The van der Waals surface area contributed by atoms with Gasteiger partial charge in [-0.05, 0) is 37.8 Å². The van der Waals surface area contributed by atoms with Gasteiger partial charge < -0.3 is 0 Å². The van der Waals surface area contributed by atoms with Crippen molar-refractivity contribution >= 4 is 0 Å². The highest BCUT2D eigenvalue weighted by molar-refractivity contribution is 5.30. The van der Waals surface area contributed by atoms with Crippen LogP contribution in [0.4, 0.5) is 0 Å². The molecule has 0 fully saturated rings. The van der Waals surface area contributed by atoms with Crippen molar-refractivity contribution in [1.82, 2.24) is 0 Å². The summed E-state index contributed by atoms with van der Waals surface area (Å²) in [5.74, 6) is 0. The van der Waals surface area contributed by atoms with Crippen molar-refractivity contribution in [2.45, 2.75) is 85.0 Å². The number of rotatable bonds is 10. The van der Waals surface area contributed by atoms with Crippen molar-refractivity contribution in [2.24, 2.45) is 0 Å². The van der Waals surface area contributed by atoms with Crippen LogP contribution in [0.2, 0.25) is 0 Å². The van der Waals surface area contributed by atoms with E-state index in [4.69, 9.17) is 0 Å². The Hall–Kier alpha value is -0.780. The number of hydrogen-bond donors (Lipinski definition) is 0. The summed E-state index contributed by atoms with van der Waals surface area (Å²) in [7, 11) is 0. The topological polar surface area (TPSA) is 0 Å². The van der Waals surface area contributed by atoms with Crippen LogP contribution >= 0.6 is 0 Å². The van der Waals surface area contributed by atoms with Gasteiger partial charge in [-0.15, -0.1) is 0 Å². The van der Waals surface area contributed by atoms with E-state index in [0.29, 0.717) is 0 Å². The number of benzene rings is 1. The Kier molecular flexibility index (Phi) is 8.62. The third-order valence-corrected chi connectivity index (χ3v) is 4.05. The Bertz CT molecular complexity index is 338. The predicted octanol–water partition coefficient (Wildman–Crippen LogP) is 6.38. The van der Waals surface area contributed by atoms with Gasteiger partial charge >= 0.3 is 0 Å². The monoisotopic (exact) mass is 260 g/mol. The van der Waals surface area contributed by atoms with E-state index >= 15 is 0 Å². The van der Waals surface area contributed by atoms with Crippen LogP contribution in [0.15, 0.2) is 18.2 Å². The van der Waals surface area contributed by atoms with E-state index in [2.05, 4.69) is 39.0 Å². The fraction of sp³-hybridized carbons (Fsp3) is 0.684. The summed E-state index contributed by atoms with van der Waals surface area (Å²) < 4.78 is 0. The molecule has 0 aliphatic heterocycles. The molecule has 0 unspecified atom stereocenters. The number of hydrogen-bond acceptors (Lipinski definition) is 0. The first-order chi connectivity index (χ1) is 9.24. The first-order valence-corrected chi connectivity index (χ1v) is 8.30. The van der Waals surface area contributed by atoms with Gasteiger partial charge in [-0.1, -0.05) is 82.1 Å². The first kappa shape index (κ1) is 16.3. The van der Waals surface area contributed by atoms with Gasteiger partial charge in [0, 0.05) is 0 Å². The minimum Gasteiger partial charge on any atom is -0.0654 e. The Morgan fingerprint density at radius 3 is 1.89 bits per heavy atom. The zero-order chi connectivity index (χ0) is 13.9. The molecule has 108 valence electrons. The second-order valence-electron chi connectivity index (χ2n) is 6.01. The van der Waals surface area contributed by atoms with Crippen molar-refractivity contribution in [3.05, 3.63) is 34.9 Å². The average Bonchev–Trinajstić information content (AvgIpc) is 2.39. The molecule has 0 saturated carbocycles. The van der Waals surface area contributed by atoms with Crippen LogP contribution in [0.3, 0.4) is 0 Å². The van der Waals surface area contributed by atoms with Gasteiger partial charge in [0.15, 0.2) is 0 Å². The summed E-state index contributed by atoms with van der Waals surface area (Å²) in [4.78, 5) is 0. The highest BCUT2D eigenvalue weighted by Crippen LogP contribution is 2.15. The van der Waals surface area contributed by atoms with Gasteiger partial charge in [0.05, 0.1) is 0 Å². The van der Waals surface area contributed by atoms with Gasteiger partial charge in [0.1, 0.15) is 0 Å². The molecule has 0 aromatic heterocycles. The van der Waals surface area contributed by atoms with Crippen LogP contribution in [0.5, 0.6) is 0 Å². The summed E-state index contributed by atoms with van der Waals surface area (Å²) in [5, 5.41) is 0. The molecule has 1 aromatic carbocycles. The maximum atomic E-state index is 2.31. The van der Waals surface area contributed by atoms with Gasteiger partial charge in [0.25, 0.3) is 0 Å². The largest absolute Gasteiger partial charge is 0.0654 e. The third-order valence-electron chi connectivity index (χ3n) is 4.05. The molecule has 0 atom stereocenters. The van der Waals surface area contributed by atoms with Gasteiger partial charge in [-0.25, -0.2) is 0 Å². The molecule has 0 N–H and O–H groups in total. The molecule has 0 aliphatic carbocycles. The van der Waals surface area contributed by atoms with Crippen LogP contribution in [0.25, 0.3) is 0 Å². The molecule has 0 spiro atoms. The molecule has 0 radical (unpaired) electrons. The lowest BCUT2D eigenvalue weighted by atomic mass is 9.99. The van der Waals surface area contributed by atoms with Gasteiger partial charge in [0.2, 0.25) is 0 Å². The van der Waals surface area contributed by atoms with Crippen LogP contribution in [-0.2, 0) is 6.42 Å². The second kappa shape index (κ2) is 10.1. The zero-order valence-electron chi connectivity index (χ0n) is 13.3. The summed E-state index contributed by atoms with van der Waals surface area (Å²) in [6, 6.07) is 6.87. The van der Waals surface area contributed by atoms with Crippen molar-refractivity contribution < 1.29 is 0 Å². The van der Waals surface area contributed by atoms with E-state index in [9.17, 15) is 0 Å². The predicted molar refractivity (Wildman–Crippen MR) is 86.8 cm³/mol. The number of aryl methyl sites for hydroxylation is 3. The minimum absolute atomic E-state index is 1.27. The lowest BCUT2D eigenvalue weighted by Crippen LogP contribution is -1.91. The van der Waals surface area contributed by atoms with Crippen molar-refractivity contribution in [3.8, 4) is 0 Å². The normalized spacial score (nSPS) is 10.9. The molecule has 0 amide bonds. The van der Waals surface area contributed by atoms with Crippen LogP contribution < -0.4 is 0 Å². The van der Waals surface area contributed by atoms with Crippen LogP contribution in [-0.4, -0.2) is 0 Å². The maximum absolute atomic E-state index is 2.31. The molecule has 1 aromatic rings. The van der Waals surface area contributed by atoms with Gasteiger partial charge in [-0.3, -0.25) is 0 Å². The lowest BCUT2D eigenvalue weighted by Gasteiger charge is -2.07. The van der Waals surface area contributed by atoms with E-state index < -0.39 is 0 Å². The standard InChI is InChI=1S/C19H32/c1-4-5-6-7-8-9-10-11-12-13-19-15-14-17(2)16-18(19)3/h14-16H,4-13H2,1-3H3. The fourth-order valence-electron chi connectivity index (χ4n) is 2.75. The maximum Gasteiger partial charge on any atom is -0.0276 e. The SMILES string of the molecule is CCCCCCCCCCCc1ccc(C)cc1C. The fourth-order valence-corrected chi connectivity index (χ4v) is 2.75. The molecule has 0 aliphatic rings. The van der Waals surface area contributed by atoms with E-state index in [1.165, 1.54) is 75.3 Å².